The van der Waals surface area contributed by atoms with Crippen molar-refractivity contribution in [2.24, 2.45) is 5.92 Å². The lowest BCUT2D eigenvalue weighted by atomic mass is 9.94. The SMILES string of the molecule is CC(C)C(=O)NC(c1ccccc1Cl)c1cc([N+](=O)[O-])c2cccnc2c1O. The first-order valence-corrected chi connectivity index (χ1v) is 8.98. The van der Waals surface area contributed by atoms with E-state index in [1.807, 2.05) is 0 Å². The molecular formula is C20H18ClN3O4. The number of hydrogen-bond donors (Lipinski definition) is 2. The second-order valence-corrected chi connectivity index (χ2v) is 7.02. The zero-order valence-electron chi connectivity index (χ0n) is 15.2. The molecule has 1 atom stereocenters. The number of aromatic hydroxyl groups is 1. The fourth-order valence-corrected chi connectivity index (χ4v) is 3.19. The zero-order chi connectivity index (χ0) is 20.4. The average molecular weight is 400 g/mol. The lowest BCUT2D eigenvalue weighted by Crippen LogP contribution is -2.32. The van der Waals surface area contributed by atoms with Crippen LogP contribution in [0, 0.1) is 16.0 Å². The molecule has 0 bridgehead atoms. The summed E-state index contributed by atoms with van der Waals surface area (Å²) in [5.41, 5.74) is 0.535. The van der Waals surface area contributed by atoms with E-state index in [-0.39, 0.29) is 39.7 Å². The zero-order valence-corrected chi connectivity index (χ0v) is 16.0. The number of carbonyl (C=O) groups is 1. The molecule has 2 aromatic carbocycles. The van der Waals surface area contributed by atoms with Crippen LogP contribution >= 0.6 is 11.6 Å². The van der Waals surface area contributed by atoms with E-state index in [9.17, 15) is 20.0 Å². The molecule has 3 aromatic rings. The highest BCUT2D eigenvalue weighted by Gasteiger charge is 2.28. The summed E-state index contributed by atoms with van der Waals surface area (Å²) in [4.78, 5) is 27.6. The molecule has 0 saturated carbocycles. The van der Waals surface area contributed by atoms with Crippen molar-refractivity contribution >= 4 is 34.1 Å². The second-order valence-electron chi connectivity index (χ2n) is 6.61. The van der Waals surface area contributed by atoms with Gasteiger partial charge in [-0.15, -0.1) is 0 Å². The van der Waals surface area contributed by atoms with Crippen molar-refractivity contribution in [1.82, 2.24) is 10.3 Å². The Balaban J connectivity index is 2.29. The van der Waals surface area contributed by atoms with Gasteiger partial charge in [-0.1, -0.05) is 43.6 Å². The molecule has 1 unspecified atom stereocenters. The minimum absolute atomic E-state index is 0.0857. The number of fused-ring (bicyclic) bond motifs is 1. The van der Waals surface area contributed by atoms with Gasteiger partial charge in [-0.3, -0.25) is 19.9 Å². The van der Waals surface area contributed by atoms with Crippen LogP contribution in [0.2, 0.25) is 5.02 Å². The first-order chi connectivity index (χ1) is 13.3. The molecule has 0 aliphatic carbocycles. The van der Waals surface area contributed by atoms with E-state index < -0.39 is 11.0 Å². The third-order valence-electron chi connectivity index (χ3n) is 4.41. The van der Waals surface area contributed by atoms with Crippen LogP contribution in [0.3, 0.4) is 0 Å². The van der Waals surface area contributed by atoms with Gasteiger partial charge in [0, 0.05) is 28.8 Å². The fraction of sp³-hybridized carbons (Fsp3) is 0.200. The summed E-state index contributed by atoms with van der Waals surface area (Å²) in [6, 6.07) is 10.3. The predicted octanol–water partition coefficient (Wildman–Crippen LogP) is 4.36. The van der Waals surface area contributed by atoms with E-state index in [4.69, 9.17) is 11.6 Å². The van der Waals surface area contributed by atoms with Gasteiger partial charge < -0.3 is 10.4 Å². The summed E-state index contributed by atoms with van der Waals surface area (Å²) in [6.45, 7) is 3.45. The van der Waals surface area contributed by atoms with Gasteiger partial charge in [0.1, 0.15) is 11.3 Å². The lowest BCUT2D eigenvalue weighted by Gasteiger charge is -2.23. The first kappa shape index (κ1) is 19.6. The number of nitrogens with one attached hydrogen (secondary N) is 1. The van der Waals surface area contributed by atoms with E-state index in [0.717, 1.165) is 0 Å². The minimum atomic E-state index is -0.881. The molecular weight excluding hydrogens is 382 g/mol. The van der Waals surface area contributed by atoms with Gasteiger partial charge in [0.15, 0.2) is 0 Å². The Morgan fingerprint density at radius 3 is 2.57 bits per heavy atom. The van der Waals surface area contributed by atoms with Crippen LogP contribution in [-0.2, 0) is 4.79 Å². The van der Waals surface area contributed by atoms with E-state index in [1.54, 1.807) is 44.2 Å². The van der Waals surface area contributed by atoms with Gasteiger partial charge >= 0.3 is 0 Å². The maximum Gasteiger partial charge on any atom is 0.279 e. The van der Waals surface area contributed by atoms with Gasteiger partial charge in [-0.05, 0) is 23.8 Å². The van der Waals surface area contributed by atoms with Crippen molar-refractivity contribution in [1.29, 1.82) is 0 Å². The Morgan fingerprint density at radius 1 is 1.21 bits per heavy atom. The van der Waals surface area contributed by atoms with Crippen molar-refractivity contribution in [3.63, 3.8) is 0 Å². The average Bonchev–Trinajstić information content (AvgIpc) is 2.67. The quantitative estimate of drug-likeness (QED) is 0.489. The number of non-ortho nitro benzene ring substituents is 1. The van der Waals surface area contributed by atoms with Crippen LogP contribution in [-0.4, -0.2) is 20.9 Å². The topological polar surface area (TPSA) is 105 Å². The number of phenolic OH excluding ortho intramolecular Hbond substituents is 1. The third-order valence-corrected chi connectivity index (χ3v) is 4.75. The number of pyridine rings is 1. The lowest BCUT2D eigenvalue weighted by molar-refractivity contribution is -0.383. The molecule has 0 spiro atoms. The molecule has 0 radical (unpaired) electrons. The molecule has 0 fully saturated rings. The minimum Gasteiger partial charge on any atom is -0.505 e. The van der Waals surface area contributed by atoms with Crippen molar-refractivity contribution in [2.45, 2.75) is 19.9 Å². The maximum absolute atomic E-state index is 12.4. The number of carbonyl (C=O) groups excluding carboxylic acids is 1. The maximum atomic E-state index is 12.4. The number of phenols is 1. The number of benzene rings is 2. The Morgan fingerprint density at radius 2 is 1.93 bits per heavy atom. The number of nitrogens with zero attached hydrogens (tertiary/aromatic N) is 2. The standard InChI is InChI=1S/C20H18ClN3O4/c1-11(2)20(26)23-17(12-6-3-4-8-15(12)21)14-10-16(24(27)28)13-7-5-9-22-18(13)19(14)25/h3-11,17,25H,1-2H3,(H,23,26). The number of nitro benzene ring substituents is 1. The first-order valence-electron chi connectivity index (χ1n) is 8.61. The predicted molar refractivity (Wildman–Crippen MR) is 106 cm³/mol. The van der Waals surface area contributed by atoms with E-state index in [1.165, 1.54) is 18.3 Å². The molecule has 1 heterocycles. The van der Waals surface area contributed by atoms with E-state index in [2.05, 4.69) is 10.3 Å². The van der Waals surface area contributed by atoms with Crippen LogP contribution in [0.15, 0.2) is 48.7 Å². The summed E-state index contributed by atoms with van der Waals surface area (Å²) in [6.07, 6.45) is 1.44. The highest BCUT2D eigenvalue weighted by atomic mass is 35.5. The number of amides is 1. The van der Waals surface area contributed by atoms with Gasteiger partial charge in [-0.2, -0.15) is 0 Å². The molecule has 1 amide bonds. The normalized spacial score (nSPS) is 12.1. The van der Waals surface area contributed by atoms with Crippen molar-refractivity contribution in [3.05, 3.63) is 74.9 Å². The number of nitro groups is 1. The largest absolute Gasteiger partial charge is 0.505 e. The fourth-order valence-electron chi connectivity index (χ4n) is 2.94. The van der Waals surface area contributed by atoms with Crippen LogP contribution < -0.4 is 5.32 Å². The molecule has 3 rings (SSSR count). The molecule has 8 heteroatoms. The smallest absolute Gasteiger partial charge is 0.279 e. The van der Waals surface area contributed by atoms with Crippen molar-refractivity contribution in [3.8, 4) is 5.75 Å². The van der Waals surface area contributed by atoms with E-state index in [0.29, 0.717) is 10.6 Å². The summed E-state index contributed by atoms with van der Waals surface area (Å²) < 4.78 is 0. The highest BCUT2D eigenvalue weighted by Crippen LogP contribution is 2.40. The summed E-state index contributed by atoms with van der Waals surface area (Å²) >= 11 is 6.32. The summed E-state index contributed by atoms with van der Waals surface area (Å²) in [5, 5.41) is 25.9. The van der Waals surface area contributed by atoms with Crippen LogP contribution in [0.5, 0.6) is 5.75 Å². The van der Waals surface area contributed by atoms with Gasteiger partial charge in [0.25, 0.3) is 5.69 Å². The molecule has 2 N–H and O–H groups in total. The molecule has 1 aromatic heterocycles. The van der Waals surface area contributed by atoms with E-state index >= 15 is 0 Å². The van der Waals surface area contributed by atoms with Crippen molar-refractivity contribution in [2.75, 3.05) is 0 Å². The molecule has 7 nitrogen and oxygen atoms in total. The molecule has 0 aliphatic heterocycles. The van der Waals surface area contributed by atoms with Gasteiger partial charge in [-0.25, -0.2) is 0 Å². The van der Waals surface area contributed by atoms with Crippen LogP contribution in [0.1, 0.15) is 31.0 Å². The number of halogens is 1. The number of rotatable bonds is 5. The molecule has 0 saturated heterocycles. The Hall–Kier alpha value is -3.19. The van der Waals surface area contributed by atoms with Gasteiger partial charge in [0.2, 0.25) is 5.91 Å². The van der Waals surface area contributed by atoms with Crippen molar-refractivity contribution < 1.29 is 14.8 Å². The highest BCUT2D eigenvalue weighted by molar-refractivity contribution is 6.31. The summed E-state index contributed by atoms with van der Waals surface area (Å²) in [5.74, 6) is -0.857. The summed E-state index contributed by atoms with van der Waals surface area (Å²) in [7, 11) is 0. The number of aromatic nitrogens is 1. The van der Waals surface area contributed by atoms with Crippen LogP contribution in [0.4, 0.5) is 5.69 Å². The Labute approximate surface area is 166 Å². The Bertz CT molecular complexity index is 1070. The Kier molecular flexibility index (Phi) is 5.46. The monoisotopic (exact) mass is 399 g/mol. The molecule has 0 aliphatic rings. The second kappa shape index (κ2) is 7.82. The molecule has 28 heavy (non-hydrogen) atoms. The number of hydrogen-bond acceptors (Lipinski definition) is 5. The van der Waals surface area contributed by atoms with Crippen LogP contribution in [0.25, 0.3) is 10.9 Å². The molecule has 144 valence electrons. The third kappa shape index (κ3) is 3.61. The van der Waals surface area contributed by atoms with Gasteiger partial charge in [0.05, 0.1) is 16.4 Å².